The second-order valence-corrected chi connectivity index (χ2v) is 5.74. The highest BCUT2D eigenvalue weighted by molar-refractivity contribution is 6.05. The van der Waals surface area contributed by atoms with Gasteiger partial charge < -0.3 is 9.88 Å². The van der Waals surface area contributed by atoms with E-state index in [9.17, 15) is 9.59 Å². The van der Waals surface area contributed by atoms with Gasteiger partial charge in [-0.25, -0.2) is 0 Å². The molecule has 0 saturated carbocycles. The topological polar surface area (TPSA) is 53.2 Å². The predicted octanol–water partition coefficient (Wildman–Crippen LogP) is 3.11. The van der Waals surface area contributed by atoms with Crippen molar-refractivity contribution in [2.45, 2.75) is 13.5 Å². The fourth-order valence-electron chi connectivity index (χ4n) is 2.63. The molecule has 0 aliphatic rings. The van der Waals surface area contributed by atoms with Gasteiger partial charge in [-0.2, -0.15) is 0 Å². The largest absolute Gasteiger partial charge is 0.337 e. The Hall–Kier alpha value is -2.88. The third-order valence-corrected chi connectivity index (χ3v) is 3.87. The molecule has 0 unspecified atom stereocenters. The third kappa shape index (κ3) is 3.16. The van der Waals surface area contributed by atoms with E-state index in [2.05, 4.69) is 4.98 Å². The van der Waals surface area contributed by atoms with E-state index in [1.54, 1.807) is 18.0 Å². The number of carbonyl (C=O) groups excluding carboxylic acids is 1. The number of aryl methyl sites for hydroxylation is 1. The Kier molecular flexibility index (Phi) is 3.98. The quantitative estimate of drug-likeness (QED) is 0.808. The first kappa shape index (κ1) is 15.0. The molecule has 0 fully saturated rings. The monoisotopic (exact) mass is 306 g/mol. The average molecular weight is 306 g/mol. The van der Waals surface area contributed by atoms with E-state index in [-0.39, 0.29) is 11.5 Å². The smallest absolute Gasteiger partial charge is 0.254 e. The second kappa shape index (κ2) is 6.08. The maximum Gasteiger partial charge on any atom is 0.254 e. The number of hydrogen-bond acceptors (Lipinski definition) is 2. The summed E-state index contributed by atoms with van der Waals surface area (Å²) in [6, 6.07) is 16.8. The number of aromatic nitrogens is 1. The highest BCUT2D eigenvalue weighted by Gasteiger charge is 2.16. The van der Waals surface area contributed by atoms with Gasteiger partial charge in [0.25, 0.3) is 5.91 Å². The first-order valence-corrected chi connectivity index (χ1v) is 7.47. The van der Waals surface area contributed by atoms with Crippen molar-refractivity contribution in [3.05, 3.63) is 81.6 Å². The van der Waals surface area contributed by atoms with Crippen LogP contribution in [0.25, 0.3) is 10.9 Å². The molecule has 1 heterocycles. The van der Waals surface area contributed by atoms with Crippen molar-refractivity contribution in [3.63, 3.8) is 0 Å². The van der Waals surface area contributed by atoms with Gasteiger partial charge in [-0.1, -0.05) is 48.0 Å². The number of carbonyl (C=O) groups is 1. The molecule has 23 heavy (non-hydrogen) atoms. The summed E-state index contributed by atoms with van der Waals surface area (Å²) in [5.74, 6) is -0.159. The number of benzene rings is 2. The van der Waals surface area contributed by atoms with Gasteiger partial charge in [0.05, 0.1) is 5.56 Å². The van der Waals surface area contributed by atoms with Gasteiger partial charge in [0.1, 0.15) is 0 Å². The van der Waals surface area contributed by atoms with Crippen LogP contribution >= 0.6 is 0 Å². The summed E-state index contributed by atoms with van der Waals surface area (Å²) in [4.78, 5) is 28.9. The Morgan fingerprint density at radius 3 is 2.52 bits per heavy atom. The molecule has 0 aliphatic carbocycles. The van der Waals surface area contributed by atoms with Crippen molar-refractivity contribution < 1.29 is 4.79 Å². The molecule has 4 nitrogen and oxygen atoms in total. The standard InChI is InChI=1S/C19H18N2O2/c1-13-7-9-14(10-8-13)12-21(2)19(23)16-11-18(22)20-17-6-4-3-5-15(16)17/h3-11H,12H2,1-2H3,(H,20,22). The van der Waals surface area contributed by atoms with Crippen molar-refractivity contribution in [1.29, 1.82) is 0 Å². The number of hydrogen-bond donors (Lipinski definition) is 1. The fourth-order valence-corrected chi connectivity index (χ4v) is 2.63. The first-order valence-electron chi connectivity index (χ1n) is 7.47. The lowest BCUT2D eigenvalue weighted by Crippen LogP contribution is -2.27. The Bertz CT molecular complexity index is 911. The van der Waals surface area contributed by atoms with Crippen LogP contribution in [0.2, 0.25) is 0 Å². The van der Waals surface area contributed by atoms with Crippen molar-refractivity contribution in [3.8, 4) is 0 Å². The summed E-state index contributed by atoms with van der Waals surface area (Å²) in [5.41, 5.74) is 3.07. The van der Waals surface area contributed by atoms with Crippen LogP contribution in [0, 0.1) is 6.92 Å². The number of para-hydroxylation sites is 1. The van der Waals surface area contributed by atoms with Gasteiger partial charge >= 0.3 is 0 Å². The van der Waals surface area contributed by atoms with Crippen LogP contribution < -0.4 is 5.56 Å². The molecule has 1 amide bonds. The molecular formula is C19H18N2O2. The van der Waals surface area contributed by atoms with Crippen molar-refractivity contribution in [1.82, 2.24) is 9.88 Å². The number of nitrogens with one attached hydrogen (secondary N) is 1. The highest BCUT2D eigenvalue weighted by Crippen LogP contribution is 2.17. The van der Waals surface area contributed by atoms with E-state index >= 15 is 0 Å². The number of aromatic amines is 1. The van der Waals surface area contributed by atoms with Gasteiger partial charge in [0, 0.05) is 30.6 Å². The number of nitrogens with zero attached hydrogens (tertiary/aromatic N) is 1. The molecular weight excluding hydrogens is 288 g/mol. The van der Waals surface area contributed by atoms with E-state index in [1.165, 1.54) is 11.6 Å². The zero-order valence-corrected chi connectivity index (χ0v) is 13.2. The maximum absolute atomic E-state index is 12.8. The van der Waals surface area contributed by atoms with Crippen LogP contribution in [-0.4, -0.2) is 22.8 Å². The van der Waals surface area contributed by atoms with Gasteiger partial charge in [-0.15, -0.1) is 0 Å². The first-order chi connectivity index (χ1) is 11.0. The maximum atomic E-state index is 12.8. The number of pyridine rings is 1. The number of fused-ring (bicyclic) bond motifs is 1. The molecule has 1 N–H and O–H groups in total. The Morgan fingerprint density at radius 2 is 1.78 bits per heavy atom. The van der Waals surface area contributed by atoms with Crippen LogP contribution in [0.15, 0.2) is 59.4 Å². The molecule has 0 saturated heterocycles. The number of rotatable bonds is 3. The van der Waals surface area contributed by atoms with E-state index in [1.807, 2.05) is 49.4 Å². The predicted molar refractivity (Wildman–Crippen MR) is 91.5 cm³/mol. The minimum atomic E-state index is -0.268. The normalized spacial score (nSPS) is 10.7. The lowest BCUT2D eigenvalue weighted by atomic mass is 10.1. The molecule has 0 bridgehead atoms. The summed E-state index contributed by atoms with van der Waals surface area (Å²) in [7, 11) is 1.75. The van der Waals surface area contributed by atoms with E-state index in [0.29, 0.717) is 17.6 Å². The van der Waals surface area contributed by atoms with Gasteiger partial charge in [-0.3, -0.25) is 9.59 Å². The third-order valence-electron chi connectivity index (χ3n) is 3.87. The lowest BCUT2D eigenvalue weighted by Gasteiger charge is -2.18. The number of amides is 1. The molecule has 116 valence electrons. The summed E-state index contributed by atoms with van der Waals surface area (Å²) < 4.78 is 0. The Labute approximate surface area is 134 Å². The molecule has 4 heteroatoms. The van der Waals surface area contributed by atoms with Crippen LogP contribution in [-0.2, 0) is 6.54 Å². The molecule has 0 radical (unpaired) electrons. The minimum absolute atomic E-state index is 0.159. The molecule has 3 rings (SSSR count). The van der Waals surface area contributed by atoms with E-state index in [0.717, 1.165) is 10.9 Å². The highest BCUT2D eigenvalue weighted by atomic mass is 16.2. The number of H-pyrrole nitrogens is 1. The zero-order valence-electron chi connectivity index (χ0n) is 13.2. The fraction of sp³-hybridized carbons (Fsp3) is 0.158. The zero-order chi connectivity index (χ0) is 16.4. The van der Waals surface area contributed by atoms with Gasteiger partial charge in [0.2, 0.25) is 5.56 Å². The molecule has 1 aromatic heterocycles. The van der Waals surface area contributed by atoms with Crippen LogP contribution in [0.5, 0.6) is 0 Å². The molecule has 0 spiro atoms. The molecule has 0 aliphatic heterocycles. The second-order valence-electron chi connectivity index (χ2n) is 5.74. The van der Waals surface area contributed by atoms with Crippen LogP contribution in [0.3, 0.4) is 0 Å². The molecule has 2 aromatic carbocycles. The molecule has 3 aromatic rings. The lowest BCUT2D eigenvalue weighted by molar-refractivity contribution is 0.0787. The minimum Gasteiger partial charge on any atom is -0.337 e. The average Bonchev–Trinajstić information content (AvgIpc) is 2.55. The van der Waals surface area contributed by atoms with Crippen LogP contribution in [0.1, 0.15) is 21.5 Å². The SMILES string of the molecule is Cc1ccc(CN(C)C(=O)c2cc(=O)[nH]c3ccccc23)cc1. The van der Waals surface area contributed by atoms with Gasteiger partial charge in [-0.05, 0) is 18.6 Å². The summed E-state index contributed by atoms with van der Waals surface area (Å²) in [5, 5.41) is 0.757. The van der Waals surface area contributed by atoms with Crippen LogP contribution in [0.4, 0.5) is 0 Å². The molecule has 0 atom stereocenters. The van der Waals surface area contributed by atoms with E-state index < -0.39 is 0 Å². The Morgan fingerprint density at radius 1 is 1.09 bits per heavy atom. The Balaban J connectivity index is 1.93. The van der Waals surface area contributed by atoms with Crippen molar-refractivity contribution in [2.75, 3.05) is 7.05 Å². The summed E-state index contributed by atoms with van der Waals surface area (Å²) in [6.45, 7) is 2.53. The van der Waals surface area contributed by atoms with Gasteiger partial charge in [0.15, 0.2) is 0 Å². The van der Waals surface area contributed by atoms with Crippen molar-refractivity contribution >= 4 is 16.8 Å². The summed E-state index contributed by atoms with van der Waals surface area (Å²) in [6.07, 6.45) is 0. The summed E-state index contributed by atoms with van der Waals surface area (Å²) >= 11 is 0. The van der Waals surface area contributed by atoms with E-state index in [4.69, 9.17) is 0 Å². The van der Waals surface area contributed by atoms with Crippen molar-refractivity contribution in [2.24, 2.45) is 0 Å².